The summed E-state index contributed by atoms with van der Waals surface area (Å²) in [5.74, 6) is 1.78. The van der Waals surface area contributed by atoms with Gasteiger partial charge in [-0.3, -0.25) is 4.79 Å². The van der Waals surface area contributed by atoms with Gasteiger partial charge in [0, 0.05) is 23.5 Å². The molecule has 1 atom stereocenters. The number of aromatic amines is 1. The van der Waals surface area contributed by atoms with Gasteiger partial charge in [-0.15, -0.1) is 0 Å². The molecule has 1 amide bonds. The molecule has 0 aliphatic carbocycles. The van der Waals surface area contributed by atoms with Gasteiger partial charge in [0.2, 0.25) is 5.91 Å². The second kappa shape index (κ2) is 7.97. The highest BCUT2D eigenvalue weighted by atomic mass is 16.5. The molecule has 0 unspecified atom stereocenters. The zero-order valence-electron chi connectivity index (χ0n) is 16.3. The van der Waals surface area contributed by atoms with E-state index in [2.05, 4.69) is 24.1 Å². The highest BCUT2D eigenvalue weighted by molar-refractivity contribution is 5.89. The lowest BCUT2D eigenvalue weighted by Crippen LogP contribution is -2.32. The molecule has 146 valence electrons. The van der Waals surface area contributed by atoms with E-state index in [9.17, 15) is 4.79 Å². The number of hydrogen-bond donors (Lipinski definition) is 2. The van der Waals surface area contributed by atoms with Gasteiger partial charge in [0.15, 0.2) is 11.5 Å². The van der Waals surface area contributed by atoms with E-state index < -0.39 is 0 Å². The number of fused-ring (bicyclic) bond motifs is 2. The molecule has 1 aliphatic heterocycles. The Balaban J connectivity index is 1.52. The number of carbonyl (C=O) groups excluding carboxylic acids is 1. The van der Waals surface area contributed by atoms with Crippen LogP contribution in [0.25, 0.3) is 10.9 Å². The van der Waals surface area contributed by atoms with Gasteiger partial charge in [0.1, 0.15) is 0 Å². The molecule has 0 bridgehead atoms. The van der Waals surface area contributed by atoms with E-state index >= 15 is 0 Å². The maximum atomic E-state index is 12.8. The van der Waals surface area contributed by atoms with Gasteiger partial charge in [0.05, 0.1) is 25.7 Å². The van der Waals surface area contributed by atoms with Crippen LogP contribution in [0.5, 0.6) is 11.5 Å². The van der Waals surface area contributed by atoms with E-state index in [0.717, 1.165) is 39.9 Å². The van der Waals surface area contributed by atoms with Crippen LogP contribution in [0.4, 0.5) is 0 Å². The van der Waals surface area contributed by atoms with Gasteiger partial charge < -0.3 is 19.8 Å². The minimum Gasteiger partial charge on any atom is -0.490 e. The van der Waals surface area contributed by atoms with Crippen LogP contribution in [0.3, 0.4) is 0 Å². The summed E-state index contributed by atoms with van der Waals surface area (Å²) in [7, 11) is 0. The average molecular weight is 378 g/mol. The second-order valence-electron chi connectivity index (χ2n) is 7.58. The van der Waals surface area contributed by atoms with E-state index in [4.69, 9.17) is 9.47 Å². The van der Waals surface area contributed by atoms with Crippen molar-refractivity contribution in [1.82, 2.24) is 10.3 Å². The fourth-order valence-corrected chi connectivity index (χ4v) is 3.68. The van der Waals surface area contributed by atoms with Crippen molar-refractivity contribution in [3.05, 3.63) is 59.8 Å². The van der Waals surface area contributed by atoms with Gasteiger partial charge in [0.25, 0.3) is 0 Å². The molecule has 5 heteroatoms. The van der Waals surface area contributed by atoms with Crippen LogP contribution in [-0.4, -0.2) is 24.1 Å². The highest BCUT2D eigenvalue weighted by Gasteiger charge is 2.21. The first-order chi connectivity index (χ1) is 13.6. The van der Waals surface area contributed by atoms with Gasteiger partial charge in [-0.25, -0.2) is 0 Å². The van der Waals surface area contributed by atoms with Crippen molar-refractivity contribution in [2.45, 2.75) is 32.7 Å². The molecule has 3 aromatic rings. The number of ether oxygens (including phenoxy) is 2. The number of H-pyrrole nitrogens is 1. The maximum absolute atomic E-state index is 12.8. The zero-order chi connectivity index (χ0) is 19.5. The van der Waals surface area contributed by atoms with Crippen molar-refractivity contribution in [3.63, 3.8) is 0 Å². The van der Waals surface area contributed by atoms with E-state index in [1.54, 1.807) is 0 Å². The quantitative estimate of drug-likeness (QED) is 0.692. The molecule has 4 rings (SSSR count). The van der Waals surface area contributed by atoms with Crippen LogP contribution < -0.4 is 14.8 Å². The largest absolute Gasteiger partial charge is 0.490 e. The smallest absolute Gasteiger partial charge is 0.224 e. The lowest BCUT2D eigenvalue weighted by atomic mass is 9.95. The van der Waals surface area contributed by atoms with Crippen molar-refractivity contribution < 1.29 is 14.3 Å². The number of carbonyl (C=O) groups is 1. The van der Waals surface area contributed by atoms with E-state index in [1.165, 1.54) is 0 Å². The van der Waals surface area contributed by atoms with Crippen molar-refractivity contribution >= 4 is 16.8 Å². The van der Waals surface area contributed by atoms with Crippen LogP contribution in [0.1, 0.15) is 37.4 Å². The predicted molar refractivity (Wildman–Crippen MR) is 110 cm³/mol. The molecule has 0 saturated heterocycles. The summed E-state index contributed by atoms with van der Waals surface area (Å²) in [4.78, 5) is 16.0. The summed E-state index contributed by atoms with van der Waals surface area (Å²) in [6.45, 7) is 5.54. The molecule has 5 nitrogen and oxygen atoms in total. The molecule has 2 heterocycles. The summed E-state index contributed by atoms with van der Waals surface area (Å²) in [5.41, 5.74) is 3.09. The van der Waals surface area contributed by atoms with E-state index in [-0.39, 0.29) is 17.9 Å². The Bertz CT molecular complexity index is 977. The second-order valence-corrected chi connectivity index (χ2v) is 7.58. The Hall–Kier alpha value is -2.95. The van der Waals surface area contributed by atoms with Gasteiger partial charge in [-0.1, -0.05) is 38.1 Å². The standard InChI is InChI=1S/C23H26N2O3/c1-15(2)23(16-8-9-20-21(12-16)28-11-5-10-27-20)25-22(26)13-17-14-24-19-7-4-3-6-18(17)19/h3-4,6-9,12,14-15,23-24H,5,10-11,13H2,1-2H3,(H,25,26)/t23-/m1/s1. The summed E-state index contributed by atoms with van der Waals surface area (Å²) in [5, 5.41) is 4.30. The third-order valence-corrected chi connectivity index (χ3v) is 5.14. The number of benzene rings is 2. The Morgan fingerprint density at radius 3 is 2.71 bits per heavy atom. The molecule has 2 aromatic carbocycles. The summed E-state index contributed by atoms with van der Waals surface area (Å²) >= 11 is 0. The number of rotatable bonds is 5. The molecular formula is C23H26N2O3. The Morgan fingerprint density at radius 1 is 1.11 bits per heavy atom. The minimum atomic E-state index is -0.0881. The lowest BCUT2D eigenvalue weighted by Gasteiger charge is -2.24. The van der Waals surface area contributed by atoms with Gasteiger partial charge in [-0.2, -0.15) is 0 Å². The van der Waals surface area contributed by atoms with Gasteiger partial charge in [-0.05, 0) is 35.2 Å². The molecule has 0 radical (unpaired) electrons. The van der Waals surface area contributed by atoms with Crippen molar-refractivity contribution in [2.75, 3.05) is 13.2 Å². The van der Waals surface area contributed by atoms with Crippen molar-refractivity contribution in [1.29, 1.82) is 0 Å². The average Bonchev–Trinajstić information content (AvgIpc) is 2.94. The Kier molecular flexibility index (Phi) is 5.24. The lowest BCUT2D eigenvalue weighted by molar-refractivity contribution is -0.121. The van der Waals surface area contributed by atoms with Crippen LogP contribution >= 0.6 is 0 Å². The SMILES string of the molecule is CC(C)[C@@H](NC(=O)Cc1c[nH]c2ccccc12)c1ccc2c(c1)OCCCO2. The summed E-state index contributed by atoms with van der Waals surface area (Å²) in [6.07, 6.45) is 3.14. The molecule has 0 fully saturated rings. The number of hydrogen-bond acceptors (Lipinski definition) is 3. The number of nitrogens with one attached hydrogen (secondary N) is 2. The number of amides is 1. The Morgan fingerprint density at radius 2 is 1.89 bits per heavy atom. The monoisotopic (exact) mass is 378 g/mol. The molecule has 28 heavy (non-hydrogen) atoms. The van der Waals surface area contributed by atoms with Gasteiger partial charge >= 0.3 is 0 Å². The third-order valence-electron chi connectivity index (χ3n) is 5.14. The first-order valence-corrected chi connectivity index (χ1v) is 9.85. The molecule has 2 N–H and O–H groups in total. The van der Waals surface area contributed by atoms with Crippen LogP contribution in [-0.2, 0) is 11.2 Å². The first-order valence-electron chi connectivity index (χ1n) is 9.85. The van der Waals surface area contributed by atoms with Crippen molar-refractivity contribution in [2.24, 2.45) is 5.92 Å². The fraction of sp³-hybridized carbons (Fsp3) is 0.348. The maximum Gasteiger partial charge on any atom is 0.224 e. The normalized spacial score (nSPS) is 14.7. The van der Waals surface area contributed by atoms with E-state index in [0.29, 0.717) is 19.6 Å². The van der Waals surface area contributed by atoms with Crippen LogP contribution in [0, 0.1) is 5.92 Å². The van der Waals surface area contributed by atoms with Crippen LogP contribution in [0.15, 0.2) is 48.7 Å². The molecular weight excluding hydrogens is 352 g/mol. The first kappa shape index (κ1) is 18.4. The minimum absolute atomic E-state index is 0.00978. The third kappa shape index (κ3) is 3.84. The molecule has 1 aliphatic rings. The summed E-state index contributed by atoms with van der Waals surface area (Å²) < 4.78 is 11.5. The van der Waals surface area contributed by atoms with Crippen molar-refractivity contribution in [3.8, 4) is 11.5 Å². The molecule has 0 saturated carbocycles. The Labute approximate surface area is 165 Å². The van der Waals surface area contributed by atoms with Crippen LogP contribution in [0.2, 0.25) is 0 Å². The number of para-hydroxylation sites is 1. The summed E-state index contributed by atoms with van der Waals surface area (Å²) in [6, 6.07) is 13.9. The highest BCUT2D eigenvalue weighted by Crippen LogP contribution is 2.34. The predicted octanol–water partition coefficient (Wildman–Crippen LogP) is 4.39. The number of aromatic nitrogens is 1. The topological polar surface area (TPSA) is 63.4 Å². The van der Waals surface area contributed by atoms with E-state index in [1.807, 2.05) is 48.7 Å². The molecule has 0 spiro atoms. The molecule has 1 aromatic heterocycles. The zero-order valence-corrected chi connectivity index (χ0v) is 16.3. The fourth-order valence-electron chi connectivity index (χ4n) is 3.68.